The highest BCUT2D eigenvalue weighted by Gasteiger charge is 2.48. The van der Waals surface area contributed by atoms with Gasteiger partial charge < -0.3 is 15.7 Å². The maximum atomic E-state index is 10.4. The molecule has 2 fully saturated rings. The van der Waals surface area contributed by atoms with E-state index in [1.807, 2.05) is 0 Å². The lowest BCUT2D eigenvalue weighted by Crippen LogP contribution is -2.62. The van der Waals surface area contributed by atoms with Crippen LogP contribution in [0.2, 0.25) is 0 Å². The van der Waals surface area contributed by atoms with Crippen molar-refractivity contribution in [3.05, 3.63) is 0 Å². The second-order valence-corrected chi connectivity index (χ2v) is 4.74. The van der Waals surface area contributed by atoms with Crippen LogP contribution in [0, 0.1) is 11.8 Å². The second kappa shape index (κ2) is 3.23. The third kappa shape index (κ3) is 1.39. The SMILES string of the molecule is CN1CC2CCCC(C1)C2(O)CN. The highest BCUT2D eigenvalue weighted by Crippen LogP contribution is 2.41. The third-order valence-electron chi connectivity index (χ3n) is 3.91. The van der Waals surface area contributed by atoms with Gasteiger partial charge in [-0.25, -0.2) is 0 Å². The van der Waals surface area contributed by atoms with Crippen LogP contribution < -0.4 is 5.73 Å². The van der Waals surface area contributed by atoms with Gasteiger partial charge in [-0.05, 0) is 19.9 Å². The van der Waals surface area contributed by atoms with E-state index < -0.39 is 5.60 Å². The largest absolute Gasteiger partial charge is 0.388 e. The fourth-order valence-electron chi connectivity index (χ4n) is 3.10. The maximum absolute atomic E-state index is 10.4. The Morgan fingerprint density at radius 3 is 2.38 bits per heavy atom. The van der Waals surface area contributed by atoms with Crippen LogP contribution in [0.3, 0.4) is 0 Å². The van der Waals surface area contributed by atoms with E-state index >= 15 is 0 Å². The van der Waals surface area contributed by atoms with Crippen LogP contribution >= 0.6 is 0 Å². The molecule has 1 heterocycles. The van der Waals surface area contributed by atoms with E-state index in [9.17, 15) is 5.11 Å². The molecule has 2 rings (SSSR count). The van der Waals surface area contributed by atoms with Gasteiger partial charge in [0.15, 0.2) is 0 Å². The Morgan fingerprint density at radius 1 is 1.38 bits per heavy atom. The van der Waals surface area contributed by atoms with E-state index in [1.54, 1.807) is 0 Å². The topological polar surface area (TPSA) is 49.5 Å². The van der Waals surface area contributed by atoms with Crippen molar-refractivity contribution in [2.24, 2.45) is 17.6 Å². The molecule has 0 aromatic heterocycles. The van der Waals surface area contributed by atoms with Gasteiger partial charge in [0, 0.05) is 31.5 Å². The zero-order chi connectivity index (χ0) is 9.47. The van der Waals surface area contributed by atoms with Gasteiger partial charge in [-0.2, -0.15) is 0 Å². The smallest absolute Gasteiger partial charge is 0.0849 e. The molecule has 3 N–H and O–H groups in total. The first-order valence-corrected chi connectivity index (χ1v) is 5.28. The Morgan fingerprint density at radius 2 is 1.92 bits per heavy atom. The van der Waals surface area contributed by atoms with E-state index in [1.165, 1.54) is 6.42 Å². The molecule has 76 valence electrons. The molecule has 0 aromatic carbocycles. The lowest BCUT2D eigenvalue weighted by molar-refractivity contribution is -0.128. The summed E-state index contributed by atoms with van der Waals surface area (Å²) in [5, 5.41) is 10.4. The van der Waals surface area contributed by atoms with Crippen molar-refractivity contribution in [1.29, 1.82) is 0 Å². The molecule has 2 bridgehead atoms. The predicted octanol–water partition coefficient (Wildman–Crippen LogP) is 0.0379. The number of piperidine rings is 1. The minimum atomic E-state index is -0.551. The van der Waals surface area contributed by atoms with Gasteiger partial charge >= 0.3 is 0 Å². The van der Waals surface area contributed by atoms with E-state index in [0.29, 0.717) is 18.4 Å². The standard InChI is InChI=1S/C10H20N2O/c1-12-5-8-3-2-4-9(6-12)10(8,13)7-11/h8-9,13H,2-7,11H2,1H3. The van der Waals surface area contributed by atoms with E-state index in [0.717, 1.165) is 25.9 Å². The summed E-state index contributed by atoms with van der Waals surface area (Å²) in [6, 6.07) is 0. The third-order valence-corrected chi connectivity index (χ3v) is 3.91. The quantitative estimate of drug-likeness (QED) is 0.605. The summed E-state index contributed by atoms with van der Waals surface area (Å²) in [6.45, 7) is 2.48. The summed E-state index contributed by atoms with van der Waals surface area (Å²) in [7, 11) is 2.14. The van der Waals surface area contributed by atoms with Crippen molar-refractivity contribution in [3.63, 3.8) is 0 Å². The van der Waals surface area contributed by atoms with Crippen molar-refractivity contribution in [3.8, 4) is 0 Å². The number of rotatable bonds is 1. The molecule has 0 amide bonds. The highest BCUT2D eigenvalue weighted by molar-refractivity contribution is 5.01. The van der Waals surface area contributed by atoms with Crippen LogP contribution in [0.5, 0.6) is 0 Å². The first kappa shape index (κ1) is 9.44. The van der Waals surface area contributed by atoms with Crippen LogP contribution in [-0.4, -0.2) is 42.3 Å². The molecule has 0 spiro atoms. The van der Waals surface area contributed by atoms with Gasteiger partial charge in [-0.15, -0.1) is 0 Å². The molecule has 2 atom stereocenters. The summed E-state index contributed by atoms with van der Waals surface area (Å²) in [4.78, 5) is 2.33. The molecular weight excluding hydrogens is 164 g/mol. The number of nitrogens with zero attached hydrogens (tertiary/aromatic N) is 1. The Bertz CT molecular complexity index is 181. The lowest BCUT2D eigenvalue weighted by atomic mass is 9.65. The second-order valence-electron chi connectivity index (χ2n) is 4.74. The summed E-state index contributed by atoms with van der Waals surface area (Å²) in [6.07, 6.45) is 3.56. The summed E-state index contributed by atoms with van der Waals surface area (Å²) >= 11 is 0. The van der Waals surface area contributed by atoms with E-state index in [-0.39, 0.29) is 0 Å². The number of hydrogen-bond acceptors (Lipinski definition) is 3. The number of likely N-dealkylation sites (tertiary alicyclic amines) is 1. The molecule has 2 unspecified atom stereocenters. The van der Waals surface area contributed by atoms with Crippen molar-refractivity contribution < 1.29 is 5.11 Å². The van der Waals surface area contributed by atoms with Crippen molar-refractivity contribution in [1.82, 2.24) is 4.90 Å². The molecule has 1 saturated carbocycles. The Hall–Kier alpha value is -0.120. The van der Waals surface area contributed by atoms with Gasteiger partial charge in [0.05, 0.1) is 5.60 Å². The van der Waals surface area contributed by atoms with E-state index in [2.05, 4.69) is 11.9 Å². The Labute approximate surface area is 79.9 Å². The minimum Gasteiger partial charge on any atom is -0.388 e. The van der Waals surface area contributed by atoms with Gasteiger partial charge in [0.25, 0.3) is 0 Å². The molecule has 0 radical (unpaired) electrons. The average Bonchev–Trinajstić information content (AvgIpc) is 2.08. The summed E-state index contributed by atoms with van der Waals surface area (Å²) in [5.41, 5.74) is 5.15. The van der Waals surface area contributed by atoms with Crippen molar-refractivity contribution in [2.45, 2.75) is 24.9 Å². The number of hydrogen-bond donors (Lipinski definition) is 2. The molecule has 3 nitrogen and oxygen atoms in total. The molecule has 1 aliphatic heterocycles. The molecule has 0 aromatic rings. The van der Waals surface area contributed by atoms with Gasteiger partial charge in [-0.1, -0.05) is 6.42 Å². The van der Waals surface area contributed by atoms with Crippen molar-refractivity contribution in [2.75, 3.05) is 26.7 Å². The summed E-state index contributed by atoms with van der Waals surface area (Å²) in [5.74, 6) is 0.824. The van der Waals surface area contributed by atoms with Gasteiger partial charge in [-0.3, -0.25) is 0 Å². The van der Waals surface area contributed by atoms with Crippen LogP contribution in [0.4, 0.5) is 0 Å². The molecule has 1 aliphatic carbocycles. The van der Waals surface area contributed by atoms with Crippen LogP contribution in [0.25, 0.3) is 0 Å². The number of nitrogens with two attached hydrogens (primary N) is 1. The average molecular weight is 184 g/mol. The molecule has 2 aliphatic rings. The van der Waals surface area contributed by atoms with Crippen LogP contribution in [0.15, 0.2) is 0 Å². The fraction of sp³-hybridized carbons (Fsp3) is 1.00. The maximum Gasteiger partial charge on any atom is 0.0849 e. The first-order valence-electron chi connectivity index (χ1n) is 5.28. The number of fused-ring (bicyclic) bond motifs is 2. The van der Waals surface area contributed by atoms with Gasteiger partial charge in [0.2, 0.25) is 0 Å². The lowest BCUT2D eigenvalue weighted by Gasteiger charge is -2.52. The monoisotopic (exact) mass is 184 g/mol. The molecule has 3 heteroatoms. The molecule has 13 heavy (non-hydrogen) atoms. The van der Waals surface area contributed by atoms with Gasteiger partial charge in [0.1, 0.15) is 0 Å². The molecule has 1 saturated heterocycles. The Kier molecular flexibility index (Phi) is 2.34. The minimum absolute atomic E-state index is 0.412. The molecular formula is C10H20N2O. The van der Waals surface area contributed by atoms with Crippen LogP contribution in [-0.2, 0) is 0 Å². The fourth-order valence-corrected chi connectivity index (χ4v) is 3.10. The number of aliphatic hydroxyl groups is 1. The Balaban J connectivity index is 2.19. The van der Waals surface area contributed by atoms with Crippen molar-refractivity contribution >= 4 is 0 Å². The summed E-state index contributed by atoms with van der Waals surface area (Å²) < 4.78 is 0. The van der Waals surface area contributed by atoms with E-state index in [4.69, 9.17) is 5.73 Å². The zero-order valence-corrected chi connectivity index (χ0v) is 8.37. The first-order chi connectivity index (χ1) is 6.16. The predicted molar refractivity (Wildman–Crippen MR) is 52.3 cm³/mol. The van der Waals surface area contributed by atoms with Crippen LogP contribution in [0.1, 0.15) is 19.3 Å². The zero-order valence-electron chi connectivity index (χ0n) is 8.37. The normalized spacial score (nSPS) is 46.4. The highest BCUT2D eigenvalue weighted by atomic mass is 16.3.